The molecule has 4 aliphatic carbocycles. The summed E-state index contributed by atoms with van der Waals surface area (Å²) in [5.74, 6) is 3.07. The minimum atomic E-state index is -0.565. The number of hydrogen-bond donors (Lipinski definition) is 4. The fraction of sp³-hybridized carbons (Fsp3) is 0.458. The third kappa shape index (κ3) is 5.74. The van der Waals surface area contributed by atoms with Crippen LogP contribution in [0, 0.1) is 0 Å². The van der Waals surface area contributed by atoms with Crippen LogP contribution >= 0.6 is 0 Å². The lowest BCUT2D eigenvalue weighted by Gasteiger charge is -2.45. The molecule has 0 amide bonds. The second kappa shape index (κ2) is 12.9. The molecule has 6 nitrogen and oxygen atoms in total. The first kappa shape index (κ1) is 36.7. The highest BCUT2D eigenvalue weighted by atomic mass is 16.5. The number of benzene rings is 4. The van der Waals surface area contributed by atoms with Crippen molar-refractivity contribution in [3.8, 4) is 23.0 Å². The molecule has 1 spiro atoms. The molecule has 2 saturated carbocycles. The van der Waals surface area contributed by atoms with Crippen LogP contribution in [-0.4, -0.2) is 0 Å². The van der Waals surface area contributed by atoms with E-state index in [9.17, 15) is 0 Å². The summed E-state index contributed by atoms with van der Waals surface area (Å²) < 4.78 is 13.7. The monoisotopic (exact) mass is 724 g/mol. The van der Waals surface area contributed by atoms with Gasteiger partial charge in [0.15, 0.2) is 0 Å². The van der Waals surface area contributed by atoms with Gasteiger partial charge in [-0.05, 0) is 127 Å². The van der Waals surface area contributed by atoms with Crippen molar-refractivity contribution < 1.29 is 9.47 Å². The summed E-state index contributed by atoms with van der Waals surface area (Å²) in [6.45, 7) is 14.3. The Labute approximate surface area is 322 Å². The van der Waals surface area contributed by atoms with Crippen molar-refractivity contribution in [2.24, 2.45) is 11.5 Å². The summed E-state index contributed by atoms with van der Waals surface area (Å²) in [5.41, 5.74) is 38.0. The minimum absolute atomic E-state index is 0.124. The van der Waals surface area contributed by atoms with E-state index < -0.39 is 16.5 Å². The van der Waals surface area contributed by atoms with E-state index in [0.29, 0.717) is 11.4 Å². The Morgan fingerprint density at radius 1 is 0.556 bits per heavy atom. The number of anilines is 2. The molecule has 0 radical (unpaired) electrons. The molecular weight excluding hydrogens is 665 g/mol. The highest BCUT2D eigenvalue weighted by Crippen LogP contribution is 2.69. The molecule has 4 aromatic carbocycles. The Balaban J connectivity index is 1.48. The fourth-order valence-electron chi connectivity index (χ4n) is 11.7. The normalized spacial score (nSPS) is 23.1. The number of rotatable bonds is 6. The van der Waals surface area contributed by atoms with Crippen molar-refractivity contribution in [1.82, 2.24) is 0 Å². The fourth-order valence-corrected chi connectivity index (χ4v) is 11.7. The van der Waals surface area contributed by atoms with Gasteiger partial charge in [-0.1, -0.05) is 90.0 Å². The molecule has 284 valence electrons. The van der Waals surface area contributed by atoms with Crippen LogP contribution in [-0.2, 0) is 27.3 Å². The highest BCUT2D eigenvalue weighted by molar-refractivity contribution is 5.75. The Morgan fingerprint density at radius 2 is 1.09 bits per heavy atom. The summed E-state index contributed by atoms with van der Waals surface area (Å²) in [6, 6.07) is 24.6. The Morgan fingerprint density at radius 3 is 1.65 bits per heavy atom. The van der Waals surface area contributed by atoms with Gasteiger partial charge in [-0.25, -0.2) is 0 Å². The maximum absolute atomic E-state index is 7.93. The Bertz CT molecular complexity index is 2150. The summed E-state index contributed by atoms with van der Waals surface area (Å²) in [5, 5.41) is 0. The lowest BCUT2D eigenvalue weighted by Crippen LogP contribution is -2.47. The van der Waals surface area contributed by atoms with E-state index >= 15 is 0 Å². The maximum atomic E-state index is 7.93. The predicted molar refractivity (Wildman–Crippen MR) is 222 cm³/mol. The van der Waals surface area contributed by atoms with Gasteiger partial charge in [0.25, 0.3) is 0 Å². The predicted octanol–water partition coefficient (Wildman–Crippen LogP) is 11.3. The quantitative estimate of drug-likeness (QED) is 0.116. The number of nitrogens with two attached hydrogens (primary N) is 4. The van der Waals surface area contributed by atoms with Crippen molar-refractivity contribution in [1.29, 1.82) is 0 Å². The average molecular weight is 725 g/mol. The van der Waals surface area contributed by atoms with Crippen LogP contribution in [0.3, 0.4) is 0 Å². The van der Waals surface area contributed by atoms with Gasteiger partial charge in [0, 0.05) is 51.0 Å². The molecule has 8 rings (SSSR count). The third-order valence-electron chi connectivity index (χ3n) is 13.5. The third-order valence-corrected chi connectivity index (χ3v) is 13.5. The van der Waals surface area contributed by atoms with Gasteiger partial charge in [-0.2, -0.15) is 0 Å². The zero-order valence-electron chi connectivity index (χ0n) is 33.3. The van der Waals surface area contributed by atoms with Gasteiger partial charge in [0.1, 0.15) is 23.0 Å². The lowest BCUT2D eigenvalue weighted by atomic mass is 9.64. The molecule has 4 aliphatic rings. The second-order valence-electron chi connectivity index (χ2n) is 18.5. The van der Waals surface area contributed by atoms with Crippen molar-refractivity contribution in [3.05, 3.63) is 117 Å². The molecule has 0 heterocycles. The maximum Gasteiger partial charge on any atom is 0.133 e. The highest BCUT2D eigenvalue weighted by Gasteiger charge is 2.62. The molecule has 8 N–H and O–H groups in total. The first-order valence-electron chi connectivity index (χ1n) is 20.3. The molecular formula is C48H60N4O2. The number of hydrogen-bond acceptors (Lipinski definition) is 6. The van der Waals surface area contributed by atoms with Crippen LogP contribution in [0.4, 0.5) is 11.4 Å². The first-order chi connectivity index (χ1) is 25.6. The number of fused-ring (bicyclic) bond motifs is 4. The zero-order chi connectivity index (χ0) is 38.3. The van der Waals surface area contributed by atoms with Crippen molar-refractivity contribution >= 4 is 11.4 Å². The van der Waals surface area contributed by atoms with Gasteiger partial charge in [-0.15, -0.1) is 0 Å². The SMILES string of the molecule is CC(C)=C1C(C)(C)c2c(cc(Oc3cccc(N)c3)c(C3(N)CCCCC3)c2C2(N)CCCCC2)C12CC(C)(C)c1ccc(Oc3cccc(N)c3)cc12. The molecule has 6 heteroatoms. The molecule has 54 heavy (non-hydrogen) atoms. The molecule has 1 atom stereocenters. The van der Waals surface area contributed by atoms with E-state index in [-0.39, 0.29) is 10.8 Å². The molecule has 0 aliphatic heterocycles. The zero-order valence-corrected chi connectivity index (χ0v) is 33.3. The molecule has 1 unspecified atom stereocenters. The van der Waals surface area contributed by atoms with Gasteiger partial charge in [0.05, 0.1) is 0 Å². The molecule has 0 aromatic heterocycles. The van der Waals surface area contributed by atoms with Crippen LogP contribution in [0.1, 0.15) is 146 Å². The summed E-state index contributed by atoms with van der Waals surface area (Å²) in [7, 11) is 0. The average Bonchev–Trinajstić information content (AvgIpc) is 3.45. The number of ether oxygens (including phenoxy) is 2. The van der Waals surface area contributed by atoms with Crippen molar-refractivity contribution in [2.45, 2.75) is 139 Å². The van der Waals surface area contributed by atoms with Gasteiger partial charge < -0.3 is 32.4 Å². The van der Waals surface area contributed by atoms with Crippen LogP contribution in [0.25, 0.3) is 0 Å². The topological polar surface area (TPSA) is 123 Å². The smallest absolute Gasteiger partial charge is 0.133 e. The van der Waals surface area contributed by atoms with E-state index in [1.54, 1.807) is 0 Å². The summed E-state index contributed by atoms with van der Waals surface area (Å²) in [4.78, 5) is 0. The van der Waals surface area contributed by atoms with E-state index in [2.05, 4.69) is 65.8 Å². The van der Waals surface area contributed by atoms with Crippen LogP contribution < -0.4 is 32.4 Å². The standard InChI is InChI=1S/C48H60N4O2/c1-30(2)43-45(5,6)40-38(48(43)29-44(3,4)36-20-19-35(27-37(36)48)53-33-17-13-15-31(49)25-33)28-39(54-34-18-14-16-32(50)26-34)41(46(51)21-9-7-10-22-46)42(40)47(52)23-11-8-12-24-47/h13-20,25-28H,7-12,21-24,29,49-52H2,1-6H3. The van der Waals surface area contributed by atoms with E-state index in [1.807, 2.05) is 48.5 Å². The molecule has 2 fully saturated rings. The minimum Gasteiger partial charge on any atom is -0.457 e. The van der Waals surface area contributed by atoms with Gasteiger partial charge in [0.2, 0.25) is 0 Å². The van der Waals surface area contributed by atoms with Gasteiger partial charge in [-0.3, -0.25) is 0 Å². The number of nitrogen functional groups attached to an aromatic ring is 2. The van der Waals surface area contributed by atoms with Crippen LogP contribution in [0.5, 0.6) is 23.0 Å². The largest absolute Gasteiger partial charge is 0.457 e. The molecule has 4 aromatic rings. The van der Waals surface area contributed by atoms with E-state index in [0.717, 1.165) is 86.3 Å². The Kier molecular flexibility index (Phi) is 8.78. The Hall–Kier alpha value is -4.26. The van der Waals surface area contributed by atoms with Crippen LogP contribution in [0.2, 0.25) is 0 Å². The molecule has 0 bridgehead atoms. The first-order valence-corrected chi connectivity index (χ1v) is 20.3. The van der Waals surface area contributed by atoms with E-state index in [1.165, 1.54) is 51.8 Å². The lowest BCUT2D eigenvalue weighted by molar-refractivity contribution is 0.262. The van der Waals surface area contributed by atoms with Crippen LogP contribution in [0.15, 0.2) is 83.9 Å². The van der Waals surface area contributed by atoms with Crippen molar-refractivity contribution in [3.63, 3.8) is 0 Å². The van der Waals surface area contributed by atoms with Crippen molar-refractivity contribution in [2.75, 3.05) is 11.5 Å². The summed E-state index contributed by atoms with van der Waals surface area (Å²) >= 11 is 0. The second-order valence-corrected chi connectivity index (χ2v) is 18.5. The van der Waals surface area contributed by atoms with Gasteiger partial charge >= 0.3 is 0 Å². The molecule has 0 saturated heterocycles. The van der Waals surface area contributed by atoms with E-state index in [4.69, 9.17) is 32.4 Å². The summed E-state index contributed by atoms with van der Waals surface area (Å²) in [6.07, 6.45) is 11.4. The number of allylic oxidation sites excluding steroid dienone is 2.